The quantitative estimate of drug-likeness (QED) is 0.723. The molecule has 7 nitrogen and oxygen atoms in total. The summed E-state index contributed by atoms with van der Waals surface area (Å²) < 4.78 is 0. The smallest absolute Gasteiger partial charge is 0.333 e. The van der Waals surface area contributed by atoms with E-state index in [0.717, 1.165) is 31.2 Å². The highest BCUT2D eigenvalue weighted by molar-refractivity contribution is 5.95. The molecular formula is C18H24N4O3. The van der Waals surface area contributed by atoms with E-state index < -0.39 is 6.03 Å². The van der Waals surface area contributed by atoms with E-state index in [9.17, 15) is 14.4 Å². The number of urea groups is 1. The molecule has 1 aromatic carbocycles. The maximum atomic E-state index is 12.0. The van der Waals surface area contributed by atoms with Gasteiger partial charge in [-0.3, -0.25) is 15.0 Å². The Labute approximate surface area is 147 Å². The zero-order valence-electron chi connectivity index (χ0n) is 14.4. The predicted octanol–water partition coefficient (Wildman–Crippen LogP) is 1.34. The number of rotatable bonds is 3. The number of amides is 4. The number of nitrogens with zero attached hydrogens (tertiary/aromatic N) is 1. The summed E-state index contributed by atoms with van der Waals surface area (Å²) in [6.07, 6.45) is 3.50. The number of aryl methyl sites for hydroxylation is 1. The number of carbonyl (C=O) groups excluding carboxylic acids is 3. The molecule has 3 N–H and O–H groups in total. The molecule has 1 heterocycles. The second-order valence-corrected chi connectivity index (χ2v) is 6.79. The van der Waals surface area contributed by atoms with Crippen LogP contribution >= 0.6 is 0 Å². The lowest BCUT2D eigenvalue weighted by Gasteiger charge is -2.32. The van der Waals surface area contributed by atoms with Crippen LogP contribution in [0.3, 0.4) is 0 Å². The van der Waals surface area contributed by atoms with E-state index in [-0.39, 0.29) is 23.8 Å². The fraction of sp³-hybridized carbons (Fsp3) is 0.500. The normalized spacial score (nSPS) is 17.7. The summed E-state index contributed by atoms with van der Waals surface area (Å²) in [6, 6.07) is 6.66. The lowest BCUT2D eigenvalue weighted by Crippen LogP contribution is -2.53. The Kier molecular flexibility index (Phi) is 5.21. The van der Waals surface area contributed by atoms with Crippen LogP contribution in [0.25, 0.3) is 0 Å². The van der Waals surface area contributed by atoms with Crippen molar-refractivity contribution in [3.05, 3.63) is 35.4 Å². The molecule has 2 fully saturated rings. The van der Waals surface area contributed by atoms with Crippen molar-refractivity contribution in [3.63, 3.8) is 0 Å². The van der Waals surface area contributed by atoms with Crippen LogP contribution in [0.15, 0.2) is 24.3 Å². The standard InChI is InChI=1S/C18H24N4O3/c1-12-2-4-13(5-3-12)16(23)20-21-18(25)19-15-8-10-22(11-9-15)17(24)14-6-7-14/h2-5,14-15H,6-11H2,1H3,(H,20,23)(H2,19,21,25). The van der Waals surface area contributed by atoms with Crippen molar-refractivity contribution < 1.29 is 14.4 Å². The molecule has 0 atom stereocenters. The number of piperidine rings is 1. The molecule has 0 bridgehead atoms. The molecule has 134 valence electrons. The third kappa shape index (κ3) is 4.71. The molecule has 3 rings (SSSR count). The number of hydrazine groups is 1. The van der Waals surface area contributed by atoms with E-state index in [0.29, 0.717) is 18.7 Å². The molecule has 4 amide bonds. The lowest BCUT2D eigenvalue weighted by molar-refractivity contribution is -0.133. The molecule has 0 radical (unpaired) electrons. The first kappa shape index (κ1) is 17.3. The third-order valence-electron chi connectivity index (χ3n) is 4.67. The largest absolute Gasteiger partial charge is 0.342 e. The zero-order chi connectivity index (χ0) is 17.8. The summed E-state index contributed by atoms with van der Waals surface area (Å²) in [5.74, 6) is 0.137. The van der Waals surface area contributed by atoms with Gasteiger partial charge >= 0.3 is 6.03 Å². The summed E-state index contributed by atoms with van der Waals surface area (Å²) in [6.45, 7) is 3.29. The third-order valence-corrected chi connectivity index (χ3v) is 4.67. The molecule has 0 aromatic heterocycles. The average molecular weight is 344 g/mol. The van der Waals surface area contributed by atoms with E-state index in [1.165, 1.54) is 0 Å². The molecule has 25 heavy (non-hydrogen) atoms. The second-order valence-electron chi connectivity index (χ2n) is 6.79. The number of likely N-dealkylation sites (tertiary alicyclic amines) is 1. The van der Waals surface area contributed by atoms with Crippen LogP contribution < -0.4 is 16.2 Å². The second kappa shape index (κ2) is 7.55. The van der Waals surface area contributed by atoms with Gasteiger partial charge in [0.1, 0.15) is 0 Å². The minimum atomic E-state index is -0.438. The van der Waals surface area contributed by atoms with Gasteiger partial charge in [-0.15, -0.1) is 0 Å². The summed E-state index contributed by atoms with van der Waals surface area (Å²) in [7, 11) is 0. The van der Waals surface area contributed by atoms with Gasteiger partial charge in [0.2, 0.25) is 5.91 Å². The van der Waals surface area contributed by atoms with E-state index in [1.54, 1.807) is 12.1 Å². The predicted molar refractivity (Wildman–Crippen MR) is 92.6 cm³/mol. The first-order valence-corrected chi connectivity index (χ1v) is 8.75. The van der Waals surface area contributed by atoms with E-state index in [4.69, 9.17) is 0 Å². The summed E-state index contributed by atoms with van der Waals surface area (Å²) in [5, 5.41) is 2.84. The lowest BCUT2D eigenvalue weighted by atomic mass is 10.0. The van der Waals surface area contributed by atoms with Gasteiger partial charge in [-0.25, -0.2) is 10.2 Å². The molecule has 1 aromatic rings. The van der Waals surface area contributed by atoms with Gasteiger partial charge in [0.15, 0.2) is 0 Å². The van der Waals surface area contributed by atoms with Gasteiger partial charge in [-0.2, -0.15) is 0 Å². The number of nitrogens with one attached hydrogen (secondary N) is 3. The van der Waals surface area contributed by atoms with Crippen molar-refractivity contribution in [2.45, 2.75) is 38.6 Å². The van der Waals surface area contributed by atoms with Crippen molar-refractivity contribution in [2.24, 2.45) is 5.92 Å². The molecule has 0 unspecified atom stereocenters. The van der Waals surface area contributed by atoms with Gasteiger partial charge in [0, 0.05) is 30.6 Å². The Balaban J connectivity index is 1.37. The Bertz CT molecular complexity index is 647. The summed E-state index contributed by atoms with van der Waals surface area (Å²) in [4.78, 5) is 37.8. The van der Waals surface area contributed by atoms with E-state index in [1.807, 2.05) is 24.0 Å². The Morgan fingerprint density at radius 2 is 1.60 bits per heavy atom. The van der Waals surface area contributed by atoms with Crippen LogP contribution in [0.5, 0.6) is 0 Å². The van der Waals surface area contributed by atoms with E-state index in [2.05, 4.69) is 16.2 Å². The molecule has 1 aliphatic carbocycles. The van der Waals surface area contributed by atoms with Crippen molar-refractivity contribution in [1.82, 2.24) is 21.1 Å². The number of carbonyl (C=O) groups is 3. The SMILES string of the molecule is Cc1ccc(C(=O)NNC(=O)NC2CCN(C(=O)C3CC3)CC2)cc1. The van der Waals surface area contributed by atoms with Gasteiger partial charge in [-0.05, 0) is 44.7 Å². The Morgan fingerprint density at radius 3 is 2.20 bits per heavy atom. The molecule has 1 saturated heterocycles. The Hall–Kier alpha value is -2.57. The number of benzene rings is 1. The van der Waals surface area contributed by atoms with E-state index >= 15 is 0 Å². The van der Waals surface area contributed by atoms with Gasteiger partial charge in [0.25, 0.3) is 5.91 Å². The molecule has 1 aliphatic heterocycles. The van der Waals surface area contributed by atoms with Crippen LogP contribution in [-0.4, -0.2) is 41.9 Å². The minimum absolute atomic E-state index is 0.0135. The van der Waals surface area contributed by atoms with Crippen molar-refractivity contribution in [2.75, 3.05) is 13.1 Å². The molecular weight excluding hydrogens is 320 g/mol. The number of hydrogen-bond donors (Lipinski definition) is 3. The Morgan fingerprint density at radius 1 is 0.960 bits per heavy atom. The molecule has 7 heteroatoms. The van der Waals surface area contributed by atoms with Crippen LogP contribution in [0.1, 0.15) is 41.6 Å². The van der Waals surface area contributed by atoms with Crippen molar-refractivity contribution in [1.29, 1.82) is 0 Å². The summed E-state index contributed by atoms with van der Waals surface area (Å²) in [5.41, 5.74) is 6.32. The molecule has 2 aliphatic rings. The summed E-state index contributed by atoms with van der Waals surface area (Å²) >= 11 is 0. The fourth-order valence-electron chi connectivity index (χ4n) is 2.94. The molecule has 0 spiro atoms. The fourth-order valence-corrected chi connectivity index (χ4v) is 2.94. The maximum absolute atomic E-state index is 12.0. The van der Waals surface area contributed by atoms with Gasteiger partial charge < -0.3 is 10.2 Å². The zero-order valence-corrected chi connectivity index (χ0v) is 14.4. The average Bonchev–Trinajstić information content (AvgIpc) is 3.45. The molecule has 1 saturated carbocycles. The van der Waals surface area contributed by atoms with Crippen LogP contribution in [0.2, 0.25) is 0 Å². The monoisotopic (exact) mass is 344 g/mol. The minimum Gasteiger partial charge on any atom is -0.342 e. The maximum Gasteiger partial charge on any atom is 0.333 e. The first-order chi connectivity index (χ1) is 12.0. The van der Waals surface area contributed by atoms with Crippen molar-refractivity contribution >= 4 is 17.8 Å². The van der Waals surface area contributed by atoms with Gasteiger partial charge in [-0.1, -0.05) is 17.7 Å². The topological polar surface area (TPSA) is 90.5 Å². The van der Waals surface area contributed by atoms with Crippen LogP contribution in [-0.2, 0) is 4.79 Å². The van der Waals surface area contributed by atoms with Gasteiger partial charge in [0.05, 0.1) is 0 Å². The van der Waals surface area contributed by atoms with Crippen molar-refractivity contribution in [3.8, 4) is 0 Å². The first-order valence-electron chi connectivity index (χ1n) is 8.75. The van der Waals surface area contributed by atoms with Crippen LogP contribution in [0, 0.1) is 12.8 Å². The number of hydrogen-bond acceptors (Lipinski definition) is 3. The highest BCUT2D eigenvalue weighted by Crippen LogP contribution is 2.31. The highest BCUT2D eigenvalue weighted by atomic mass is 16.2. The highest BCUT2D eigenvalue weighted by Gasteiger charge is 2.35. The van der Waals surface area contributed by atoms with Crippen LogP contribution in [0.4, 0.5) is 4.79 Å².